The highest BCUT2D eigenvalue weighted by Crippen LogP contribution is 2.47. The Morgan fingerprint density at radius 3 is 2.39 bits per heavy atom. The molecule has 0 atom stereocenters. The molecule has 1 heterocycles. The van der Waals surface area contributed by atoms with Crippen LogP contribution in [0, 0.1) is 12.3 Å². The van der Waals surface area contributed by atoms with Crippen molar-refractivity contribution in [2.45, 2.75) is 90.6 Å². The second-order valence-corrected chi connectivity index (χ2v) is 7.87. The Morgan fingerprint density at radius 1 is 1.17 bits per heavy atom. The lowest BCUT2D eigenvalue weighted by Gasteiger charge is -2.43. The first kappa shape index (κ1) is 16.5. The molecular weight excluding hydrogens is 288 g/mol. The normalized spacial score (nSPS) is 21.7. The number of nitrogens with zero attached hydrogens (tertiary/aromatic N) is 3. The molecule has 0 aliphatic heterocycles. The summed E-state index contributed by atoms with van der Waals surface area (Å²) in [6, 6.07) is 0.531. The summed E-state index contributed by atoms with van der Waals surface area (Å²) in [7, 11) is 0. The van der Waals surface area contributed by atoms with E-state index in [2.05, 4.69) is 15.6 Å². The molecule has 1 spiro atoms. The molecule has 1 aromatic rings. The van der Waals surface area contributed by atoms with Crippen LogP contribution in [0.25, 0.3) is 0 Å². The Balaban J connectivity index is 1.57. The molecule has 23 heavy (non-hydrogen) atoms. The van der Waals surface area contributed by atoms with Gasteiger partial charge in [-0.3, -0.25) is 4.79 Å². The summed E-state index contributed by atoms with van der Waals surface area (Å²) in [5.41, 5.74) is 1.93. The van der Waals surface area contributed by atoms with Crippen molar-refractivity contribution < 1.29 is 4.79 Å². The summed E-state index contributed by atoms with van der Waals surface area (Å²) in [5, 5.41) is 11.4. The number of amides is 1. The van der Waals surface area contributed by atoms with Gasteiger partial charge in [0.25, 0.3) is 5.91 Å². The van der Waals surface area contributed by atoms with Crippen LogP contribution in [0.4, 0.5) is 0 Å². The molecule has 1 N–H and O–H groups in total. The molecule has 0 bridgehead atoms. The average molecular weight is 318 g/mol. The van der Waals surface area contributed by atoms with Crippen LogP contribution in [0.1, 0.15) is 93.9 Å². The number of hydrogen-bond donors (Lipinski definition) is 1. The third-order valence-corrected chi connectivity index (χ3v) is 5.93. The van der Waals surface area contributed by atoms with E-state index in [9.17, 15) is 4.79 Å². The summed E-state index contributed by atoms with van der Waals surface area (Å²) < 4.78 is 1.81. The smallest absolute Gasteiger partial charge is 0.273 e. The fourth-order valence-electron chi connectivity index (χ4n) is 4.47. The Hall–Kier alpha value is -1.39. The summed E-state index contributed by atoms with van der Waals surface area (Å²) in [6.45, 7) is 6.02. The maximum absolute atomic E-state index is 12.5. The van der Waals surface area contributed by atoms with E-state index >= 15 is 0 Å². The second kappa shape index (κ2) is 6.62. The van der Waals surface area contributed by atoms with Gasteiger partial charge in [-0.2, -0.15) is 0 Å². The fraction of sp³-hybridized carbons (Fsp3) is 0.833. The third kappa shape index (κ3) is 3.43. The molecule has 5 nitrogen and oxygen atoms in total. The van der Waals surface area contributed by atoms with Crippen molar-refractivity contribution in [3.05, 3.63) is 11.4 Å². The van der Waals surface area contributed by atoms with Crippen molar-refractivity contribution in [2.75, 3.05) is 0 Å². The van der Waals surface area contributed by atoms with Gasteiger partial charge in [-0.25, -0.2) is 4.68 Å². The van der Waals surface area contributed by atoms with Crippen LogP contribution in [0.3, 0.4) is 0 Å². The lowest BCUT2D eigenvalue weighted by Crippen LogP contribution is -2.41. The number of carbonyl (C=O) groups excluding carboxylic acids is 1. The highest BCUT2D eigenvalue weighted by atomic mass is 16.2. The highest BCUT2D eigenvalue weighted by molar-refractivity contribution is 5.93. The van der Waals surface area contributed by atoms with E-state index in [-0.39, 0.29) is 11.9 Å². The monoisotopic (exact) mass is 318 g/mol. The topological polar surface area (TPSA) is 59.8 Å². The van der Waals surface area contributed by atoms with Gasteiger partial charge in [0.05, 0.1) is 5.69 Å². The molecule has 2 fully saturated rings. The summed E-state index contributed by atoms with van der Waals surface area (Å²) in [4.78, 5) is 12.5. The summed E-state index contributed by atoms with van der Waals surface area (Å²) >= 11 is 0. The molecule has 128 valence electrons. The number of carbonyl (C=O) groups is 1. The molecular formula is C18H30N4O. The Morgan fingerprint density at radius 2 is 1.83 bits per heavy atom. The predicted octanol–water partition coefficient (Wildman–Crippen LogP) is 3.79. The molecule has 0 unspecified atom stereocenters. The molecule has 1 aromatic heterocycles. The number of nitrogens with one attached hydrogen (secondary N) is 1. The molecule has 1 amide bonds. The SMILES string of the molecule is Cc1c(C(=O)NC2CCC3(CCCCC3)CC2)nnn1C(C)C. The highest BCUT2D eigenvalue weighted by Gasteiger charge is 2.36. The average Bonchev–Trinajstić information content (AvgIpc) is 2.93. The molecule has 2 aliphatic rings. The Bertz CT molecular complexity index is 547. The lowest BCUT2D eigenvalue weighted by atomic mass is 9.64. The van der Waals surface area contributed by atoms with Crippen LogP contribution in [0.15, 0.2) is 0 Å². The van der Waals surface area contributed by atoms with Crippen LogP contribution in [-0.2, 0) is 0 Å². The zero-order valence-electron chi connectivity index (χ0n) is 14.8. The number of aromatic nitrogens is 3. The fourth-order valence-corrected chi connectivity index (χ4v) is 4.47. The van der Waals surface area contributed by atoms with Gasteiger partial charge in [0.2, 0.25) is 0 Å². The Kier molecular flexibility index (Phi) is 4.74. The molecule has 2 aliphatic carbocycles. The van der Waals surface area contributed by atoms with Crippen LogP contribution in [0.5, 0.6) is 0 Å². The maximum Gasteiger partial charge on any atom is 0.273 e. The van der Waals surface area contributed by atoms with E-state index in [1.165, 1.54) is 44.9 Å². The number of hydrogen-bond acceptors (Lipinski definition) is 3. The first-order valence-electron chi connectivity index (χ1n) is 9.23. The van der Waals surface area contributed by atoms with Crippen molar-refractivity contribution >= 4 is 5.91 Å². The number of rotatable bonds is 3. The molecule has 0 radical (unpaired) electrons. The molecule has 2 saturated carbocycles. The van der Waals surface area contributed by atoms with Gasteiger partial charge in [-0.05, 0) is 64.7 Å². The van der Waals surface area contributed by atoms with Crippen molar-refractivity contribution in [1.82, 2.24) is 20.3 Å². The largest absolute Gasteiger partial charge is 0.348 e. The summed E-state index contributed by atoms with van der Waals surface area (Å²) in [5.74, 6) is -0.0565. The van der Waals surface area contributed by atoms with Crippen molar-refractivity contribution in [1.29, 1.82) is 0 Å². The van der Waals surface area contributed by atoms with Gasteiger partial charge in [-0.15, -0.1) is 5.10 Å². The van der Waals surface area contributed by atoms with Crippen LogP contribution < -0.4 is 5.32 Å². The first-order valence-corrected chi connectivity index (χ1v) is 9.23. The standard InChI is InChI=1S/C18H30N4O/c1-13(2)22-14(3)16(20-21-22)17(23)19-15-7-11-18(12-8-15)9-5-4-6-10-18/h13,15H,4-12H2,1-3H3,(H,19,23). The summed E-state index contributed by atoms with van der Waals surface area (Å²) in [6.07, 6.45) is 11.8. The quantitative estimate of drug-likeness (QED) is 0.922. The third-order valence-electron chi connectivity index (χ3n) is 5.93. The van der Waals surface area contributed by atoms with Crippen LogP contribution >= 0.6 is 0 Å². The van der Waals surface area contributed by atoms with E-state index in [0.717, 1.165) is 18.5 Å². The van der Waals surface area contributed by atoms with Crippen molar-refractivity contribution in [3.63, 3.8) is 0 Å². The minimum atomic E-state index is -0.0565. The zero-order valence-corrected chi connectivity index (χ0v) is 14.8. The van der Waals surface area contributed by atoms with E-state index in [1.54, 1.807) is 0 Å². The first-order chi connectivity index (χ1) is 11.0. The zero-order chi connectivity index (χ0) is 16.4. The molecule has 5 heteroatoms. The minimum Gasteiger partial charge on any atom is -0.348 e. The van der Waals surface area contributed by atoms with E-state index in [0.29, 0.717) is 17.2 Å². The predicted molar refractivity (Wildman–Crippen MR) is 90.4 cm³/mol. The van der Waals surface area contributed by atoms with Crippen LogP contribution in [-0.4, -0.2) is 26.9 Å². The van der Waals surface area contributed by atoms with E-state index < -0.39 is 0 Å². The minimum absolute atomic E-state index is 0.0565. The van der Waals surface area contributed by atoms with Crippen molar-refractivity contribution in [2.24, 2.45) is 5.41 Å². The van der Waals surface area contributed by atoms with Crippen LogP contribution in [0.2, 0.25) is 0 Å². The second-order valence-electron chi connectivity index (χ2n) is 7.87. The van der Waals surface area contributed by atoms with Crippen molar-refractivity contribution in [3.8, 4) is 0 Å². The van der Waals surface area contributed by atoms with Gasteiger partial charge < -0.3 is 5.32 Å². The molecule has 3 rings (SSSR count). The van der Waals surface area contributed by atoms with E-state index in [4.69, 9.17) is 0 Å². The molecule has 0 aromatic carbocycles. The lowest BCUT2D eigenvalue weighted by molar-refractivity contribution is 0.0831. The molecule has 0 saturated heterocycles. The van der Waals surface area contributed by atoms with Gasteiger partial charge in [0.1, 0.15) is 0 Å². The van der Waals surface area contributed by atoms with Gasteiger partial charge in [-0.1, -0.05) is 24.5 Å². The Labute approximate surface area is 139 Å². The van der Waals surface area contributed by atoms with Gasteiger partial charge >= 0.3 is 0 Å². The van der Waals surface area contributed by atoms with E-state index in [1.807, 2.05) is 25.5 Å². The van der Waals surface area contributed by atoms with Gasteiger partial charge in [0.15, 0.2) is 5.69 Å². The maximum atomic E-state index is 12.5. The van der Waals surface area contributed by atoms with Gasteiger partial charge in [0, 0.05) is 12.1 Å².